The van der Waals surface area contributed by atoms with E-state index < -0.39 is 0 Å². The van der Waals surface area contributed by atoms with Crippen LogP contribution in [-0.4, -0.2) is 18.9 Å². The molecule has 1 atom stereocenters. The maximum atomic E-state index is 3.58. The lowest BCUT2D eigenvalue weighted by Gasteiger charge is -2.16. The summed E-state index contributed by atoms with van der Waals surface area (Å²) in [6.07, 6.45) is 4.44. The average Bonchev–Trinajstić information content (AvgIpc) is 2.46. The van der Waals surface area contributed by atoms with Crippen molar-refractivity contribution < 1.29 is 0 Å². The molecule has 2 heteroatoms. The highest BCUT2D eigenvalue weighted by atomic mass is 31.1. The molecular formula is C8H18NP. The van der Waals surface area contributed by atoms with Crippen LogP contribution in [0.15, 0.2) is 0 Å². The van der Waals surface area contributed by atoms with E-state index in [2.05, 4.69) is 25.6 Å². The fourth-order valence-corrected chi connectivity index (χ4v) is 3.31. The quantitative estimate of drug-likeness (QED) is 0.621. The molecular weight excluding hydrogens is 141 g/mol. The van der Waals surface area contributed by atoms with Gasteiger partial charge in [0.1, 0.15) is 0 Å². The van der Waals surface area contributed by atoms with Crippen LogP contribution in [0.3, 0.4) is 0 Å². The summed E-state index contributed by atoms with van der Waals surface area (Å²) < 4.78 is 0. The first kappa shape index (κ1) is 8.49. The second-order valence-electron chi connectivity index (χ2n) is 3.61. The van der Waals surface area contributed by atoms with Gasteiger partial charge in [-0.25, -0.2) is 0 Å². The fourth-order valence-electron chi connectivity index (χ4n) is 1.18. The molecule has 1 aliphatic carbocycles. The van der Waals surface area contributed by atoms with Crippen molar-refractivity contribution in [3.63, 3.8) is 0 Å². The number of hydrogen-bond donors (Lipinski definition) is 1. The molecule has 0 aromatic rings. The lowest BCUT2D eigenvalue weighted by molar-refractivity contribution is 0.756. The third-order valence-corrected chi connectivity index (χ3v) is 3.73. The Morgan fingerprint density at radius 2 is 2.10 bits per heavy atom. The molecule has 0 heterocycles. The van der Waals surface area contributed by atoms with Gasteiger partial charge in [-0.05, 0) is 53.5 Å². The summed E-state index contributed by atoms with van der Waals surface area (Å²) in [4.78, 5) is 0. The van der Waals surface area contributed by atoms with E-state index in [0.29, 0.717) is 6.04 Å². The van der Waals surface area contributed by atoms with Crippen LogP contribution in [0, 0.1) is 5.92 Å². The van der Waals surface area contributed by atoms with E-state index in [0.717, 1.165) is 5.92 Å². The van der Waals surface area contributed by atoms with Crippen molar-refractivity contribution in [2.45, 2.75) is 32.7 Å². The maximum absolute atomic E-state index is 3.58. The van der Waals surface area contributed by atoms with Gasteiger partial charge < -0.3 is 0 Å². The Morgan fingerprint density at radius 1 is 1.50 bits per heavy atom. The predicted molar refractivity (Wildman–Crippen MR) is 48.7 cm³/mol. The van der Waals surface area contributed by atoms with Gasteiger partial charge >= 0.3 is 0 Å². The summed E-state index contributed by atoms with van der Waals surface area (Å²) >= 11 is 0. The highest BCUT2D eigenvalue weighted by molar-refractivity contribution is 7.54. The zero-order valence-electron chi connectivity index (χ0n) is 7.22. The van der Waals surface area contributed by atoms with E-state index in [-0.39, 0.29) is 8.07 Å². The van der Waals surface area contributed by atoms with Gasteiger partial charge in [-0.3, -0.25) is 5.09 Å². The van der Waals surface area contributed by atoms with Gasteiger partial charge in [-0.15, -0.1) is 0 Å². The van der Waals surface area contributed by atoms with Crippen molar-refractivity contribution in [2.75, 3.05) is 12.8 Å². The van der Waals surface area contributed by atoms with Crippen LogP contribution in [0.1, 0.15) is 26.7 Å². The standard InChI is InChI=1S/C8H18NP/c1-7(2)9-10(3)6-8-4-5-8/h7-9H,4-6H2,1-3H3. The number of nitrogens with one attached hydrogen (secondary N) is 1. The van der Waals surface area contributed by atoms with Gasteiger partial charge in [0.2, 0.25) is 0 Å². The molecule has 10 heavy (non-hydrogen) atoms. The van der Waals surface area contributed by atoms with E-state index in [1.54, 1.807) is 0 Å². The van der Waals surface area contributed by atoms with Gasteiger partial charge in [0.15, 0.2) is 0 Å². The topological polar surface area (TPSA) is 12.0 Å². The highest BCUT2D eigenvalue weighted by Gasteiger charge is 2.23. The smallest absolute Gasteiger partial charge is 0.00466 e. The number of hydrogen-bond acceptors (Lipinski definition) is 1. The molecule has 0 bridgehead atoms. The Balaban J connectivity index is 2.02. The van der Waals surface area contributed by atoms with Crippen LogP contribution >= 0.6 is 8.07 Å². The molecule has 0 spiro atoms. The minimum absolute atomic E-state index is 0.153. The molecule has 60 valence electrons. The monoisotopic (exact) mass is 159 g/mol. The minimum atomic E-state index is 0.153. The Morgan fingerprint density at radius 3 is 2.50 bits per heavy atom. The van der Waals surface area contributed by atoms with Crippen molar-refractivity contribution in [1.29, 1.82) is 0 Å². The first-order chi connectivity index (χ1) is 4.68. The van der Waals surface area contributed by atoms with Crippen molar-refractivity contribution in [3.05, 3.63) is 0 Å². The van der Waals surface area contributed by atoms with Gasteiger partial charge in [-0.2, -0.15) is 0 Å². The number of rotatable bonds is 4. The van der Waals surface area contributed by atoms with Gasteiger partial charge in [0, 0.05) is 6.04 Å². The van der Waals surface area contributed by atoms with Crippen molar-refractivity contribution in [2.24, 2.45) is 5.92 Å². The van der Waals surface area contributed by atoms with Crippen LogP contribution in [0.5, 0.6) is 0 Å². The zero-order chi connectivity index (χ0) is 7.56. The van der Waals surface area contributed by atoms with E-state index in [1.807, 2.05) is 0 Å². The second kappa shape index (κ2) is 3.69. The Labute approximate surface area is 65.4 Å². The summed E-state index contributed by atoms with van der Waals surface area (Å²) in [6.45, 7) is 6.81. The van der Waals surface area contributed by atoms with Crippen molar-refractivity contribution in [3.8, 4) is 0 Å². The van der Waals surface area contributed by atoms with Gasteiger partial charge in [0.05, 0.1) is 0 Å². The molecule has 0 radical (unpaired) electrons. The van der Waals surface area contributed by atoms with E-state index in [9.17, 15) is 0 Å². The van der Waals surface area contributed by atoms with Crippen LogP contribution in [-0.2, 0) is 0 Å². The summed E-state index contributed by atoms with van der Waals surface area (Å²) in [6, 6.07) is 0.676. The lowest BCUT2D eigenvalue weighted by atomic mass is 10.4. The van der Waals surface area contributed by atoms with E-state index >= 15 is 0 Å². The molecule has 0 aromatic carbocycles. The fraction of sp³-hybridized carbons (Fsp3) is 1.00. The van der Waals surface area contributed by atoms with E-state index in [1.165, 1.54) is 19.0 Å². The predicted octanol–water partition coefficient (Wildman–Crippen LogP) is 2.42. The normalized spacial score (nSPS) is 21.6. The van der Waals surface area contributed by atoms with Crippen molar-refractivity contribution >= 4 is 8.07 Å². The first-order valence-corrected chi connectivity index (χ1v) is 6.13. The summed E-state index contributed by atoms with van der Waals surface area (Å²) in [7, 11) is 0.153. The molecule has 0 amide bonds. The van der Waals surface area contributed by atoms with Gasteiger partial charge in [0.25, 0.3) is 0 Å². The lowest BCUT2D eigenvalue weighted by Crippen LogP contribution is -2.17. The summed E-state index contributed by atoms with van der Waals surface area (Å²) in [5.41, 5.74) is 0. The minimum Gasteiger partial charge on any atom is -0.293 e. The van der Waals surface area contributed by atoms with Crippen LogP contribution < -0.4 is 5.09 Å². The molecule has 1 unspecified atom stereocenters. The Bertz CT molecular complexity index is 95.4. The molecule has 1 aliphatic rings. The molecule has 0 aromatic heterocycles. The first-order valence-electron chi connectivity index (χ1n) is 4.16. The largest absolute Gasteiger partial charge is 0.293 e. The molecule has 1 nitrogen and oxygen atoms in total. The molecule has 1 saturated carbocycles. The van der Waals surface area contributed by atoms with Gasteiger partial charge in [-0.1, -0.05) is 0 Å². The van der Waals surface area contributed by atoms with Crippen LogP contribution in [0.25, 0.3) is 0 Å². The third kappa shape index (κ3) is 3.53. The molecule has 1 fully saturated rings. The average molecular weight is 159 g/mol. The van der Waals surface area contributed by atoms with Crippen molar-refractivity contribution in [1.82, 2.24) is 5.09 Å². The third-order valence-electron chi connectivity index (χ3n) is 1.71. The summed E-state index contributed by atoms with van der Waals surface area (Å²) in [5.74, 6) is 1.09. The van der Waals surface area contributed by atoms with Crippen LogP contribution in [0.4, 0.5) is 0 Å². The van der Waals surface area contributed by atoms with E-state index in [4.69, 9.17) is 0 Å². The molecule has 1 rings (SSSR count). The maximum Gasteiger partial charge on any atom is 0.00466 e. The summed E-state index contributed by atoms with van der Waals surface area (Å²) in [5, 5.41) is 3.58. The SMILES string of the molecule is CC(C)NP(C)CC1CC1. The Hall–Kier alpha value is 0.390. The Kier molecular flexibility index (Phi) is 3.13. The highest BCUT2D eigenvalue weighted by Crippen LogP contribution is 2.40. The van der Waals surface area contributed by atoms with Crippen LogP contribution in [0.2, 0.25) is 0 Å². The zero-order valence-corrected chi connectivity index (χ0v) is 8.12. The molecule has 0 aliphatic heterocycles. The molecule has 1 N–H and O–H groups in total. The second-order valence-corrected chi connectivity index (χ2v) is 5.63. The molecule has 0 saturated heterocycles.